The number of nitrogens with one attached hydrogen (secondary N) is 2. The Balaban J connectivity index is 2.25. The number of hydrogen-bond acceptors (Lipinski definition) is 5. The first-order valence-electron chi connectivity index (χ1n) is 4.01. The fourth-order valence-electron chi connectivity index (χ4n) is 1.03. The Bertz CT molecular complexity index is 161. The summed E-state index contributed by atoms with van der Waals surface area (Å²) in [5.74, 6) is 0.756. The van der Waals surface area contributed by atoms with Crippen molar-refractivity contribution >= 4 is 5.96 Å². The van der Waals surface area contributed by atoms with Gasteiger partial charge in [-0.1, -0.05) is 0 Å². The lowest BCUT2D eigenvalue weighted by Gasteiger charge is -2.15. The first-order valence-corrected chi connectivity index (χ1v) is 4.01. The molecule has 5 heteroatoms. The van der Waals surface area contributed by atoms with E-state index in [1.54, 1.807) is 7.11 Å². The molecule has 5 nitrogen and oxygen atoms in total. The third kappa shape index (κ3) is 2.67. The molecule has 1 unspecified atom stereocenters. The number of aliphatic imine (C=N–C) groups is 1. The van der Waals surface area contributed by atoms with Gasteiger partial charge in [-0.2, -0.15) is 0 Å². The summed E-state index contributed by atoms with van der Waals surface area (Å²) in [4.78, 5) is 4.13. The van der Waals surface area contributed by atoms with Gasteiger partial charge in [0.15, 0.2) is 5.96 Å². The molecule has 0 amide bonds. The molecule has 0 aromatic rings. The van der Waals surface area contributed by atoms with Gasteiger partial charge in [0.2, 0.25) is 0 Å². The third-order valence-corrected chi connectivity index (χ3v) is 1.60. The maximum atomic E-state index is 8.89. The predicted molar refractivity (Wildman–Crippen MR) is 46.2 cm³/mol. The van der Waals surface area contributed by atoms with Crippen LogP contribution < -0.4 is 10.6 Å². The Labute approximate surface area is 71.8 Å². The van der Waals surface area contributed by atoms with Gasteiger partial charge >= 0.3 is 0 Å². The van der Waals surface area contributed by atoms with Crippen molar-refractivity contribution in [2.75, 3.05) is 33.4 Å². The van der Waals surface area contributed by atoms with Crippen LogP contribution in [0.4, 0.5) is 0 Å². The van der Waals surface area contributed by atoms with Gasteiger partial charge in [-0.15, -0.1) is 0 Å². The fourth-order valence-corrected chi connectivity index (χ4v) is 1.03. The van der Waals surface area contributed by atoms with Gasteiger partial charge in [-0.3, -0.25) is 4.99 Å². The van der Waals surface area contributed by atoms with Crippen molar-refractivity contribution in [1.29, 1.82) is 0 Å². The highest BCUT2D eigenvalue weighted by atomic mass is 16.5. The number of hydrogen-bond donors (Lipinski definition) is 3. The molecule has 1 aliphatic heterocycles. The molecule has 1 atom stereocenters. The number of nitrogens with zero attached hydrogens (tertiary/aromatic N) is 1. The first kappa shape index (κ1) is 9.28. The third-order valence-electron chi connectivity index (χ3n) is 1.60. The van der Waals surface area contributed by atoms with E-state index >= 15 is 0 Å². The second-order valence-electron chi connectivity index (χ2n) is 2.64. The number of methoxy groups -OCH3 is 1. The van der Waals surface area contributed by atoms with E-state index in [1.807, 2.05) is 0 Å². The summed E-state index contributed by atoms with van der Waals surface area (Å²) < 4.78 is 4.90. The van der Waals surface area contributed by atoms with E-state index < -0.39 is 0 Å². The molecule has 0 fully saturated rings. The largest absolute Gasteiger partial charge is 0.394 e. The first-order chi connectivity index (χ1) is 5.86. The molecule has 1 rings (SSSR count). The Morgan fingerprint density at radius 2 is 2.67 bits per heavy atom. The van der Waals surface area contributed by atoms with Crippen LogP contribution in [0.3, 0.4) is 0 Å². The average Bonchev–Trinajstić information content (AvgIpc) is 2.56. The highest BCUT2D eigenvalue weighted by Crippen LogP contribution is 1.87. The normalized spacial score (nSPS) is 18.3. The molecule has 0 saturated heterocycles. The average molecular weight is 173 g/mol. The van der Waals surface area contributed by atoms with Crippen LogP contribution >= 0.6 is 0 Å². The maximum absolute atomic E-state index is 8.89. The van der Waals surface area contributed by atoms with E-state index in [4.69, 9.17) is 9.84 Å². The van der Waals surface area contributed by atoms with E-state index in [-0.39, 0.29) is 12.6 Å². The molecule has 0 spiro atoms. The van der Waals surface area contributed by atoms with Crippen LogP contribution in [0.15, 0.2) is 4.99 Å². The highest BCUT2D eigenvalue weighted by molar-refractivity contribution is 5.81. The molecular formula is C7H15N3O2. The minimum Gasteiger partial charge on any atom is -0.394 e. The summed E-state index contributed by atoms with van der Waals surface area (Å²) in [5.41, 5.74) is 0. The monoisotopic (exact) mass is 173 g/mol. The quantitative estimate of drug-likeness (QED) is 0.486. The Kier molecular flexibility index (Phi) is 3.83. The van der Waals surface area contributed by atoms with Crippen LogP contribution in [0.5, 0.6) is 0 Å². The molecule has 12 heavy (non-hydrogen) atoms. The second kappa shape index (κ2) is 4.95. The number of aliphatic hydroxyl groups is 1. The molecule has 0 aromatic carbocycles. The lowest BCUT2D eigenvalue weighted by atomic mass is 10.3. The number of guanidine groups is 1. The van der Waals surface area contributed by atoms with E-state index in [9.17, 15) is 0 Å². The van der Waals surface area contributed by atoms with Gasteiger partial charge in [0.05, 0.1) is 25.8 Å². The van der Waals surface area contributed by atoms with Crippen molar-refractivity contribution in [3.8, 4) is 0 Å². The SMILES string of the molecule is COCC(CO)NC1=NCCN1. The van der Waals surface area contributed by atoms with E-state index in [1.165, 1.54) is 0 Å². The van der Waals surface area contributed by atoms with Crippen molar-refractivity contribution in [1.82, 2.24) is 10.6 Å². The van der Waals surface area contributed by atoms with E-state index in [0.717, 1.165) is 19.0 Å². The molecule has 0 saturated carbocycles. The molecular weight excluding hydrogens is 158 g/mol. The maximum Gasteiger partial charge on any atom is 0.191 e. The van der Waals surface area contributed by atoms with E-state index in [0.29, 0.717) is 6.61 Å². The van der Waals surface area contributed by atoms with Crippen molar-refractivity contribution in [2.24, 2.45) is 4.99 Å². The standard InChI is InChI=1S/C7H15N3O2/c1-12-5-6(4-11)10-7-8-2-3-9-7/h6,11H,2-5H2,1H3,(H2,8,9,10). The minimum absolute atomic E-state index is 0.0501. The molecule has 0 aromatic heterocycles. The summed E-state index contributed by atoms with van der Waals surface area (Å²) >= 11 is 0. The number of rotatable bonds is 4. The van der Waals surface area contributed by atoms with Crippen LogP contribution in [0, 0.1) is 0 Å². The van der Waals surface area contributed by atoms with Crippen molar-refractivity contribution in [3.05, 3.63) is 0 Å². The summed E-state index contributed by atoms with van der Waals surface area (Å²) in [6.07, 6.45) is 0. The summed E-state index contributed by atoms with van der Waals surface area (Å²) in [6, 6.07) is -0.0700. The van der Waals surface area contributed by atoms with Gasteiger partial charge in [0, 0.05) is 13.7 Å². The Morgan fingerprint density at radius 1 is 1.83 bits per heavy atom. The Hall–Kier alpha value is -0.810. The van der Waals surface area contributed by atoms with Gasteiger partial charge in [-0.25, -0.2) is 0 Å². The predicted octanol–water partition coefficient (Wildman–Crippen LogP) is -1.46. The molecule has 70 valence electrons. The van der Waals surface area contributed by atoms with Crippen molar-refractivity contribution in [2.45, 2.75) is 6.04 Å². The van der Waals surface area contributed by atoms with E-state index in [2.05, 4.69) is 15.6 Å². The molecule has 1 heterocycles. The summed E-state index contributed by atoms with van der Waals surface area (Å²) in [5, 5.41) is 15.0. The molecule has 0 radical (unpaired) electrons. The van der Waals surface area contributed by atoms with Gasteiger partial charge < -0.3 is 20.5 Å². The molecule has 0 bridgehead atoms. The molecule has 3 N–H and O–H groups in total. The molecule has 0 aliphatic carbocycles. The fraction of sp³-hybridized carbons (Fsp3) is 0.857. The van der Waals surface area contributed by atoms with Crippen molar-refractivity contribution in [3.63, 3.8) is 0 Å². The van der Waals surface area contributed by atoms with Gasteiger partial charge in [0.1, 0.15) is 0 Å². The topological polar surface area (TPSA) is 65.9 Å². The molecule has 1 aliphatic rings. The van der Waals surface area contributed by atoms with Crippen LogP contribution in [-0.4, -0.2) is 50.5 Å². The summed E-state index contributed by atoms with van der Waals surface area (Å²) in [7, 11) is 1.61. The number of ether oxygens (including phenoxy) is 1. The summed E-state index contributed by atoms with van der Waals surface area (Å²) in [6.45, 7) is 2.20. The minimum atomic E-state index is -0.0700. The lowest BCUT2D eigenvalue weighted by Crippen LogP contribution is -2.45. The second-order valence-corrected chi connectivity index (χ2v) is 2.64. The van der Waals surface area contributed by atoms with Crippen LogP contribution in [0.1, 0.15) is 0 Å². The van der Waals surface area contributed by atoms with Gasteiger partial charge in [0.25, 0.3) is 0 Å². The zero-order valence-electron chi connectivity index (χ0n) is 7.21. The zero-order valence-corrected chi connectivity index (χ0v) is 7.21. The highest BCUT2D eigenvalue weighted by Gasteiger charge is 2.11. The Morgan fingerprint density at radius 3 is 3.17 bits per heavy atom. The van der Waals surface area contributed by atoms with Crippen LogP contribution in [-0.2, 0) is 4.74 Å². The van der Waals surface area contributed by atoms with Crippen molar-refractivity contribution < 1.29 is 9.84 Å². The smallest absolute Gasteiger partial charge is 0.191 e. The van der Waals surface area contributed by atoms with Crippen LogP contribution in [0.25, 0.3) is 0 Å². The lowest BCUT2D eigenvalue weighted by molar-refractivity contribution is 0.137. The number of aliphatic hydroxyl groups excluding tert-OH is 1. The van der Waals surface area contributed by atoms with Gasteiger partial charge in [-0.05, 0) is 0 Å². The van der Waals surface area contributed by atoms with Crippen LogP contribution in [0.2, 0.25) is 0 Å². The zero-order chi connectivity index (χ0) is 8.81.